The van der Waals surface area contributed by atoms with Crippen molar-refractivity contribution < 1.29 is 9.53 Å². The monoisotopic (exact) mass is 241 g/mol. The Morgan fingerprint density at radius 3 is 2.88 bits per heavy atom. The third kappa shape index (κ3) is 3.33. The number of piperidine rings is 1. The summed E-state index contributed by atoms with van der Waals surface area (Å²) in [7, 11) is 1.41. The predicted octanol–water partition coefficient (Wildman–Crippen LogP) is 0.557. The maximum atomic E-state index is 11.1. The molecule has 17 heavy (non-hydrogen) atoms. The number of alkyl carbamates (subject to hydrolysis) is 1. The Balaban J connectivity index is 1.75. The topological polar surface area (TPSA) is 53.6 Å². The number of likely N-dealkylation sites (tertiary alicyclic amines) is 1. The Morgan fingerprint density at radius 2 is 2.24 bits per heavy atom. The number of amides is 1. The smallest absolute Gasteiger partial charge is 0.407 e. The molecule has 3 unspecified atom stereocenters. The molecule has 0 aromatic carbocycles. The Kier molecular flexibility index (Phi) is 4.23. The molecule has 2 aliphatic heterocycles. The second-order valence-electron chi connectivity index (χ2n) is 5.16. The fourth-order valence-corrected chi connectivity index (χ4v) is 2.76. The Morgan fingerprint density at radius 1 is 1.41 bits per heavy atom. The van der Waals surface area contributed by atoms with Crippen LogP contribution in [0.25, 0.3) is 0 Å². The molecule has 5 heteroatoms. The van der Waals surface area contributed by atoms with E-state index in [9.17, 15) is 4.79 Å². The van der Waals surface area contributed by atoms with E-state index in [1.165, 1.54) is 20.0 Å². The molecule has 2 fully saturated rings. The predicted molar refractivity (Wildman–Crippen MR) is 66.0 cm³/mol. The first kappa shape index (κ1) is 12.6. The highest BCUT2D eigenvalue weighted by molar-refractivity contribution is 5.67. The fourth-order valence-electron chi connectivity index (χ4n) is 2.76. The van der Waals surface area contributed by atoms with Gasteiger partial charge in [-0.2, -0.15) is 0 Å². The molecule has 2 N–H and O–H groups in total. The summed E-state index contributed by atoms with van der Waals surface area (Å²) in [6.45, 7) is 5.35. The van der Waals surface area contributed by atoms with Crippen molar-refractivity contribution in [2.75, 3.05) is 26.7 Å². The highest BCUT2D eigenvalue weighted by Gasteiger charge is 2.30. The van der Waals surface area contributed by atoms with Gasteiger partial charge in [0.05, 0.1) is 7.11 Å². The molecule has 2 saturated heterocycles. The lowest BCUT2D eigenvalue weighted by Gasteiger charge is -2.34. The highest BCUT2D eigenvalue weighted by Crippen LogP contribution is 2.19. The molecule has 5 nitrogen and oxygen atoms in total. The van der Waals surface area contributed by atoms with Crippen molar-refractivity contribution in [3.63, 3.8) is 0 Å². The highest BCUT2D eigenvalue weighted by atomic mass is 16.5. The van der Waals surface area contributed by atoms with E-state index in [2.05, 4.69) is 27.2 Å². The molecule has 0 spiro atoms. The zero-order chi connectivity index (χ0) is 12.3. The molecule has 0 saturated carbocycles. The minimum Gasteiger partial charge on any atom is -0.453 e. The third-order valence-electron chi connectivity index (χ3n) is 3.88. The van der Waals surface area contributed by atoms with Crippen LogP contribution in [0, 0.1) is 0 Å². The van der Waals surface area contributed by atoms with Crippen molar-refractivity contribution in [1.82, 2.24) is 15.5 Å². The molecule has 0 aromatic rings. The zero-order valence-corrected chi connectivity index (χ0v) is 10.7. The molecule has 98 valence electrons. The van der Waals surface area contributed by atoms with E-state index in [0.29, 0.717) is 12.1 Å². The van der Waals surface area contributed by atoms with Gasteiger partial charge in [0.2, 0.25) is 0 Å². The van der Waals surface area contributed by atoms with Gasteiger partial charge in [-0.3, -0.25) is 4.90 Å². The molecule has 2 heterocycles. The zero-order valence-electron chi connectivity index (χ0n) is 10.7. The number of ether oxygens (including phenoxy) is 1. The van der Waals surface area contributed by atoms with Crippen molar-refractivity contribution in [2.45, 2.75) is 44.3 Å². The van der Waals surface area contributed by atoms with Gasteiger partial charge in [-0.1, -0.05) is 0 Å². The number of methoxy groups -OCH3 is 1. The minimum absolute atomic E-state index is 0.252. The van der Waals surface area contributed by atoms with Gasteiger partial charge in [-0.05, 0) is 26.2 Å². The quantitative estimate of drug-likeness (QED) is 0.741. The number of nitrogens with zero attached hydrogens (tertiary/aromatic N) is 1. The number of rotatable bonds is 2. The van der Waals surface area contributed by atoms with Gasteiger partial charge >= 0.3 is 6.09 Å². The van der Waals surface area contributed by atoms with E-state index < -0.39 is 0 Å². The molecule has 0 bridgehead atoms. The van der Waals surface area contributed by atoms with Crippen molar-refractivity contribution >= 4 is 6.09 Å². The lowest BCUT2D eigenvalue weighted by Crippen LogP contribution is -2.49. The van der Waals surface area contributed by atoms with E-state index in [1.54, 1.807) is 0 Å². The lowest BCUT2D eigenvalue weighted by molar-refractivity contribution is 0.161. The summed E-state index contributed by atoms with van der Waals surface area (Å²) in [4.78, 5) is 13.6. The molecule has 2 rings (SSSR count). The maximum Gasteiger partial charge on any atom is 0.407 e. The van der Waals surface area contributed by atoms with Gasteiger partial charge in [-0.25, -0.2) is 4.79 Å². The van der Waals surface area contributed by atoms with Gasteiger partial charge in [0, 0.05) is 37.8 Å². The first-order chi connectivity index (χ1) is 8.19. The van der Waals surface area contributed by atoms with Crippen LogP contribution in [0.3, 0.4) is 0 Å². The van der Waals surface area contributed by atoms with Crippen LogP contribution < -0.4 is 10.6 Å². The molecule has 0 aromatic heterocycles. The lowest BCUT2D eigenvalue weighted by atomic mass is 10.0. The molecule has 1 amide bonds. The summed E-state index contributed by atoms with van der Waals surface area (Å²) < 4.78 is 4.63. The number of carbonyl (C=O) groups excluding carboxylic acids is 1. The van der Waals surface area contributed by atoms with Gasteiger partial charge in [-0.15, -0.1) is 0 Å². The summed E-state index contributed by atoms with van der Waals surface area (Å²) in [5, 5.41) is 6.41. The molecule has 3 atom stereocenters. The summed E-state index contributed by atoms with van der Waals surface area (Å²) in [6, 6.07) is 1.54. The summed E-state index contributed by atoms with van der Waals surface area (Å²) in [5.74, 6) is 0. The van der Waals surface area contributed by atoms with Gasteiger partial charge in [0.1, 0.15) is 0 Å². The van der Waals surface area contributed by atoms with Crippen molar-refractivity contribution in [3.05, 3.63) is 0 Å². The SMILES string of the molecule is COC(=O)NC1CCN(C2CCC(C)NC2)C1. The molecule has 0 radical (unpaired) electrons. The number of hydrogen-bond donors (Lipinski definition) is 2. The summed E-state index contributed by atoms with van der Waals surface area (Å²) in [5.41, 5.74) is 0. The van der Waals surface area contributed by atoms with Crippen LogP contribution in [-0.4, -0.2) is 55.9 Å². The van der Waals surface area contributed by atoms with E-state index >= 15 is 0 Å². The Hall–Kier alpha value is -0.810. The molecule has 0 aliphatic carbocycles. The van der Waals surface area contributed by atoms with Crippen LogP contribution >= 0.6 is 0 Å². The Labute approximate surface area is 103 Å². The Bertz CT molecular complexity index is 264. The van der Waals surface area contributed by atoms with Gasteiger partial charge in [0.25, 0.3) is 0 Å². The summed E-state index contributed by atoms with van der Waals surface area (Å²) in [6.07, 6.45) is 3.23. The van der Waals surface area contributed by atoms with Crippen molar-refractivity contribution in [3.8, 4) is 0 Å². The number of hydrogen-bond acceptors (Lipinski definition) is 4. The fraction of sp³-hybridized carbons (Fsp3) is 0.917. The number of nitrogens with one attached hydrogen (secondary N) is 2. The third-order valence-corrected chi connectivity index (χ3v) is 3.88. The van der Waals surface area contributed by atoms with Crippen LogP contribution in [0.5, 0.6) is 0 Å². The first-order valence-electron chi connectivity index (χ1n) is 6.51. The van der Waals surface area contributed by atoms with E-state index in [-0.39, 0.29) is 12.1 Å². The van der Waals surface area contributed by atoms with Crippen molar-refractivity contribution in [1.29, 1.82) is 0 Å². The van der Waals surface area contributed by atoms with Gasteiger partial charge < -0.3 is 15.4 Å². The first-order valence-corrected chi connectivity index (χ1v) is 6.51. The second-order valence-corrected chi connectivity index (χ2v) is 5.16. The largest absolute Gasteiger partial charge is 0.453 e. The molecule has 2 aliphatic rings. The van der Waals surface area contributed by atoms with Crippen LogP contribution in [0.4, 0.5) is 4.79 Å². The van der Waals surface area contributed by atoms with Crippen LogP contribution in [0.15, 0.2) is 0 Å². The van der Waals surface area contributed by atoms with Crippen LogP contribution in [0.1, 0.15) is 26.2 Å². The average Bonchev–Trinajstić information content (AvgIpc) is 2.78. The molecular formula is C12H23N3O2. The second kappa shape index (κ2) is 5.69. The number of carbonyl (C=O) groups is 1. The standard InChI is InChI=1S/C12H23N3O2/c1-9-3-4-11(7-13-9)15-6-5-10(8-15)14-12(16)17-2/h9-11,13H,3-8H2,1-2H3,(H,14,16). The van der Waals surface area contributed by atoms with Crippen LogP contribution in [-0.2, 0) is 4.74 Å². The normalized spacial score (nSPS) is 34.6. The minimum atomic E-state index is -0.313. The van der Waals surface area contributed by atoms with Crippen LogP contribution in [0.2, 0.25) is 0 Å². The summed E-state index contributed by atoms with van der Waals surface area (Å²) >= 11 is 0. The maximum absolute atomic E-state index is 11.1. The van der Waals surface area contributed by atoms with Crippen molar-refractivity contribution in [2.24, 2.45) is 0 Å². The van der Waals surface area contributed by atoms with Gasteiger partial charge in [0.15, 0.2) is 0 Å². The van der Waals surface area contributed by atoms with E-state index in [0.717, 1.165) is 26.1 Å². The molecular weight excluding hydrogens is 218 g/mol. The van der Waals surface area contributed by atoms with E-state index in [1.807, 2.05) is 0 Å². The van der Waals surface area contributed by atoms with E-state index in [4.69, 9.17) is 0 Å². The average molecular weight is 241 g/mol.